The quantitative estimate of drug-likeness (QED) is 0.285. The standard InChI is InChI=1S/C18H29N3O.HI/c1-4-19-18(21-17-13-15(17)3)20-11-5-6-12-22-16-9-7-14(2)8-10-16;/h7-10,15,17H,4-6,11-13H2,1-3H3,(H2,19,20,21);1H. The van der Waals surface area contributed by atoms with Gasteiger partial charge in [-0.15, -0.1) is 24.0 Å². The van der Waals surface area contributed by atoms with Crippen LogP contribution in [0.1, 0.15) is 38.7 Å². The lowest BCUT2D eigenvalue weighted by molar-refractivity contribution is 0.308. The molecule has 1 aliphatic rings. The highest BCUT2D eigenvalue weighted by atomic mass is 127. The van der Waals surface area contributed by atoms with Gasteiger partial charge in [-0.1, -0.05) is 24.6 Å². The van der Waals surface area contributed by atoms with Gasteiger partial charge < -0.3 is 15.4 Å². The van der Waals surface area contributed by atoms with Crippen molar-refractivity contribution in [3.63, 3.8) is 0 Å². The Kier molecular flexibility index (Phi) is 9.36. The molecule has 5 heteroatoms. The average Bonchev–Trinajstić information content (AvgIpc) is 3.20. The molecule has 1 aliphatic carbocycles. The highest BCUT2D eigenvalue weighted by Gasteiger charge is 2.33. The van der Waals surface area contributed by atoms with Gasteiger partial charge >= 0.3 is 0 Å². The first kappa shape index (κ1) is 20.1. The van der Waals surface area contributed by atoms with Crippen molar-refractivity contribution in [3.8, 4) is 5.75 Å². The lowest BCUT2D eigenvalue weighted by Crippen LogP contribution is -2.39. The minimum absolute atomic E-state index is 0. The summed E-state index contributed by atoms with van der Waals surface area (Å²) in [7, 11) is 0. The molecule has 2 rings (SSSR count). The number of halogens is 1. The summed E-state index contributed by atoms with van der Waals surface area (Å²) in [6.45, 7) is 8.95. The third kappa shape index (κ3) is 7.90. The van der Waals surface area contributed by atoms with Gasteiger partial charge in [-0.2, -0.15) is 0 Å². The molecule has 0 heterocycles. The van der Waals surface area contributed by atoms with Gasteiger partial charge in [-0.05, 0) is 51.2 Å². The SMILES string of the molecule is CCNC(=NCCCCOc1ccc(C)cc1)NC1CC1C.I. The van der Waals surface area contributed by atoms with Crippen molar-refractivity contribution in [1.29, 1.82) is 0 Å². The fraction of sp³-hybridized carbons (Fsp3) is 0.611. The summed E-state index contributed by atoms with van der Waals surface area (Å²) < 4.78 is 5.72. The molecule has 130 valence electrons. The van der Waals surface area contributed by atoms with E-state index in [0.29, 0.717) is 6.04 Å². The number of aliphatic imine (C=N–C) groups is 1. The molecule has 0 radical (unpaired) electrons. The van der Waals surface area contributed by atoms with E-state index in [1.807, 2.05) is 12.1 Å². The second kappa shape index (κ2) is 10.7. The van der Waals surface area contributed by atoms with Crippen molar-refractivity contribution in [2.24, 2.45) is 10.9 Å². The molecule has 1 saturated carbocycles. The summed E-state index contributed by atoms with van der Waals surface area (Å²) in [5.74, 6) is 2.69. The van der Waals surface area contributed by atoms with Crippen LogP contribution in [0.4, 0.5) is 0 Å². The highest BCUT2D eigenvalue weighted by Crippen LogP contribution is 2.28. The smallest absolute Gasteiger partial charge is 0.191 e. The van der Waals surface area contributed by atoms with Crippen LogP contribution < -0.4 is 15.4 Å². The van der Waals surface area contributed by atoms with E-state index in [4.69, 9.17) is 4.74 Å². The Morgan fingerprint density at radius 1 is 1.26 bits per heavy atom. The zero-order valence-corrected chi connectivity index (χ0v) is 16.8. The molecular weight excluding hydrogens is 401 g/mol. The average molecular weight is 431 g/mol. The van der Waals surface area contributed by atoms with Crippen molar-refractivity contribution in [2.75, 3.05) is 19.7 Å². The predicted molar refractivity (Wildman–Crippen MR) is 108 cm³/mol. The number of nitrogens with one attached hydrogen (secondary N) is 2. The van der Waals surface area contributed by atoms with E-state index in [2.05, 4.69) is 48.5 Å². The first-order valence-electron chi connectivity index (χ1n) is 8.43. The van der Waals surface area contributed by atoms with E-state index >= 15 is 0 Å². The molecular formula is C18H30IN3O. The van der Waals surface area contributed by atoms with Crippen LogP contribution in [-0.4, -0.2) is 31.7 Å². The molecule has 23 heavy (non-hydrogen) atoms. The molecule has 0 aromatic heterocycles. The maximum atomic E-state index is 5.72. The number of aryl methyl sites for hydroxylation is 1. The van der Waals surface area contributed by atoms with Gasteiger partial charge in [0.2, 0.25) is 0 Å². The number of guanidine groups is 1. The van der Waals surface area contributed by atoms with E-state index in [1.54, 1.807) is 0 Å². The molecule has 0 aliphatic heterocycles. The number of hydrogen-bond donors (Lipinski definition) is 2. The Balaban J connectivity index is 0.00000264. The van der Waals surface area contributed by atoms with Crippen LogP contribution in [0.25, 0.3) is 0 Å². The van der Waals surface area contributed by atoms with Gasteiger partial charge in [0.1, 0.15) is 5.75 Å². The Bertz CT molecular complexity index is 476. The van der Waals surface area contributed by atoms with Crippen LogP contribution in [0.15, 0.2) is 29.3 Å². The minimum Gasteiger partial charge on any atom is -0.494 e. The summed E-state index contributed by atoms with van der Waals surface area (Å²) in [6.07, 6.45) is 3.33. The third-order valence-corrected chi connectivity index (χ3v) is 3.89. The van der Waals surface area contributed by atoms with E-state index in [0.717, 1.165) is 50.2 Å². The van der Waals surface area contributed by atoms with E-state index in [1.165, 1.54) is 12.0 Å². The van der Waals surface area contributed by atoms with Gasteiger partial charge in [0.25, 0.3) is 0 Å². The maximum absolute atomic E-state index is 5.72. The van der Waals surface area contributed by atoms with Crippen molar-refractivity contribution in [3.05, 3.63) is 29.8 Å². The summed E-state index contributed by atoms with van der Waals surface area (Å²) in [5, 5.41) is 6.78. The largest absolute Gasteiger partial charge is 0.494 e. The molecule has 0 saturated heterocycles. The second-order valence-corrected chi connectivity index (χ2v) is 6.09. The van der Waals surface area contributed by atoms with Crippen LogP contribution in [0, 0.1) is 12.8 Å². The third-order valence-electron chi connectivity index (χ3n) is 3.89. The number of benzene rings is 1. The Morgan fingerprint density at radius 3 is 2.57 bits per heavy atom. The van der Waals surface area contributed by atoms with Gasteiger partial charge in [-0.3, -0.25) is 4.99 Å². The monoisotopic (exact) mass is 431 g/mol. The second-order valence-electron chi connectivity index (χ2n) is 6.09. The number of unbranched alkanes of at least 4 members (excludes halogenated alkanes) is 1. The van der Waals surface area contributed by atoms with Crippen molar-refractivity contribution in [2.45, 2.75) is 46.1 Å². The number of rotatable bonds is 8. The number of nitrogens with zero attached hydrogens (tertiary/aromatic N) is 1. The first-order chi connectivity index (χ1) is 10.7. The normalized spacial score (nSPS) is 19.7. The van der Waals surface area contributed by atoms with Crippen LogP contribution >= 0.6 is 24.0 Å². The first-order valence-corrected chi connectivity index (χ1v) is 8.43. The van der Waals surface area contributed by atoms with Crippen molar-refractivity contribution in [1.82, 2.24) is 10.6 Å². The highest BCUT2D eigenvalue weighted by molar-refractivity contribution is 14.0. The molecule has 2 N–H and O–H groups in total. The van der Waals surface area contributed by atoms with Crippen LogP contribution in [0.5, 0.6) is 5.75 Å². The Hall–Kier alpha value is -0.980. The van der Waals surface area contributed by atoms with Crippen LogP contribution in [-0.2, 0) is 0 Å². The van der Waals surface area contributed by atoms with Gasteiger partial charge in [0, 0.05) is 19.1 Å². The topological polar surface area (TPSA) is 45.7 Å². The van der Waals surface area contributed by atoms with Crippen LogP contribution in [0.3, 0.4) is 0 Å². The molecule has 0 bridgehead atoms. The molecule has 2 unspecified atom stereocenters. The summed E-state index contributed by atoms with van der Waals surface area (Å²) >= 11 is 0. The molecule has 2 atom stereocenters. The molecule has 4 nitrogen and oxygen atoms in total. The van der Waals surface area contributed by atoms with Gasteiger partial charge in [0.15, 0.2) is 5.96 Å². The van der Waals surface area contributed by atoms with Crippen molar-refractivity contribution >= 4 is 29.9 Å². The fourth-order valence-electron chi connectivity index (χ4n) is 2.25. The Labute approximate surface area is 157 Å². The molecule has 0 spiro atoms. The van der Waals surface area contributed by atoms with Gasteiger partial charge in [0.05, 0.1) is 6.61 Å². The molecule has 0 amide bonds. The minimum atomic E-state index is 0. The summed E-state index contributed by atoms with van der Waals surface area (Å²) in [5.41, 5.74) is 1.26. The fourth-order valence-corrected chi connectivity index (χ4v) is 2.25. The molecule has 1 aromatic rings. The van der Waals surface area contributed by atoms with E-state index in [9.17, 15) is 0 Å². The Morgan fingerprint density at radius 2 is 1.96 bits per heavy atom. The number of hydrogen-bond acceptors (Lipinski definition) is 2. The van der Waals surface area contributed by atoms with Crippen molar-refractivity contribution < 1.29 is 4.74 Å². The van der Waals surface area contributed by atoms with E-state index in [-0.39, 0.29) is 24.0 Å². The maximum Gasteiger partial charge on any atom is 0.191 e. The molecule has 1 aromatic carbocycles. The lowest BCUT2D eigenvalue weighted by Gasteiger charge is -2.10. The van der Waals surface area contributed by atoms with Crippen LogP contribution in [0.2, 0.25) is 0 Å². The van der Waals surface area contributed by atoms with E-state index < -0.39 is 0 Å². The summed E-state index contributed by atoms with van der Waals surface area (Å²) in [6, 6.07) is 8.82. The number of ether oxygens (including phenoxy) is 1. The lowest BCUT2D eigenvalue weighted by atomic mass is 10.2. The zero-order valence-electron chi connectivity index (χ0n) is 14.5. The molecule has 1 fully saturated rings. The zero-order chi connectivity index (χ0) is 15.8. The summed E-state index contributed by atoms with van der Waals surface area (Å²) in [4.78, 5) is 4.62. The predicted octanol–water partition coefficient (Wildman–Crippen LogP) is 3.74. The van der Waals surface area contributed by atoms with Gasteiger partial charge in [-0.25, -0.2) is 0 Å².